The van der Waals surface area contributed by atoms with Crippen LogP contribution in [-0.4, -0.2) is 30.2 Å². The van der Waals surface area contributed by atoms with Gasteiger partial charge in [-0.25, -0.2) is 0 Å². The van der Waals surface area contributed by atoms with Crippen LogP contribution in [0.5, 0.6) is 5.75 Å². The van der Waals surface area contributed by atoms with Gasteiger partial charge in [0.1, 0.15) is 5.75 Å². The van der Waals surface area contributed by atoms with Crippen LogP contribution in [-0.2, 0) is 20.7 Å². The lowest BCUT2D eigenvalue weighted by atomic mass is 10.1. The first-order valence-corrected chi connectivity index (χ1v) is 10.5. The molecule has 2 aromatic carbocycles. The summed E-state index contributed by atoms with van der Waals surface area (Å²) in [6, 6.07) is 17.4. The lowest BCUT2D eigenvalue weighted by Crippen LogP contribution is -2.34. The number of nitrogens with one attached hydrogen (secondary N) is 2. The molecule has 1 amide bonds. The van der Waals surface area contributed by atoms with Gasteiger partial charge in [-0.15, -0.1) is 0 Å². The fraction of sp³-hybridized carbons (Fsp3) is 0.348. The smallest absolute Gasteiger partial charge is 0.305 e. The van der Waals surface area contributed by atoms with Crippen molar-refractivity contribution in [2.24, 2.45) is 0 Å². The van der Waals surface area contributed by atoms with E-state index in [0.717, 1.165) is 12.8 Å². The second kappa shape index (κ2) is 13.3. The van der Waals surface area contributed by atoms with Crippen molar-refractivity contribution in [3.63, 3.8) is 0 Å². The van der Waals surface area contributed by atoms with Crippen molar-refractivity contribution >= 4 is 34.9 Å². The number of hydrogen-bond donors (Lipinski definition) is 2. The summed E-state index contributed by atoms with van der Waals surface area (Å²) in [6.45, 7) is 2.80. The van der Waals surface area contributed by atoms with E-state index in [0.29, 0.717) is 31.1 Å². The average molecular weight is 429 g/mol. The molecule has 2 aromatic rings. The van der Waals surface area contributed by atoms with E-state index in [1.54, 1.807) is 0 Å². The van der Waals surface area contributed by atoms with Crippen LogP contribution in [0, 0.1) is 0 Å². The van der Waals surface area contributed by atoms with E-state index in [2.05, 4.69) is 22.8 Å². The molecule has 160 valence electrons. The van der Waals surface area contributed by atoms with Crippen LogP contribution in [0.25, 0.3) is 0 Å². The molecule has 0 heterocycles. The summed E-state index contributed by atoms with van der Waals surface area (Å²) in [6.07, 6.45) is 2.44. The summed E-state index contributed by atoms with van der Waals surface area (Å²) in [4.78, 5) is 23.8. The monoisotopic (exact) mass is 428 g/mol. The van der Waals surface area contributed by atoms with Crippen LogP contribution in [0.2, 0.25) is 0 Å². The van der Waals surface area contributed by atoms with Gasteiger partial charge in [0, 0.05) is 12.8 Å². The lowest BCUT2D eigenvalue weighted by Gasteiger charge is -2.13. The molecule has 0 bridgehead atoms. The molecule has 0 radical (unpaired) electrons. The lowest BCUT2D eigenvalue weighted by molar-refractivity contribution is -0.143. The number of benzene rings is 2. The third-order valence-corrected chi connectivity index (χ3v) is 4.39. The number of carbonyl (C=O) groups is 2. The Bertz CT molecular complexity index is 827. The second-order valence-electron chi connectivity index (χ2n) is 6.59. The summed E-state index contributed by atoms with van der Waals surface area (Å²) >= 11 is 5.18. The zero-order valence-electron chi connectivity index (χ0n) is 17.2. The highest BCUT2D eigenvalue weighted by atomic mass is 32.1. The molecule has 0 aliphatic carbocycles. The Balaban J connectivity index is 1.59. The topological polar surface area (TPSA) is 76.7 Å². The molecule has 0 fully saturated rings. The van der Waals surface area contributed by atoms with Gasteiger partial charge in [0.25, 0.3) is 0 Å². The van der Waals surface area contributed by atoms with E-state index in [-0.39, 0.29) is 29.8 Å². The van der Waals surface area contributed by atoms with Crippen molar-refractivity contribution in [3.05, 3.63) is 60.2 Å². The standard InChI is InChI=1S/C23H28N2O4S/c1-2-28-20-14-7-6-13-19(20)24-23(30)25-21(26)15-8-16-22(27)29-17-9-12-18-10-4-3-5-11-18/h3-7,10-11,13-14H,2,8-9,12,15-17H2,1H3,(H2,24,25,26,30). The van der Waals surface area contributed by atoms with Gasteiger partial charge in [-0.3, -0.25) is 9.59 Å². The first kappa shape index (κ1) is 23.3. The molecule has 0 aliphatic rings. The highest BCUT2D eigenvalue weighted by Crippen LogP contribution is 2.23. The fourth-order valence-corrected chi connectivity index (χ4v) is 2.99. The number of anilines is 1. The Morgan fingerprint density at radius 2 is 1.70 bits per heavy atom. The molecule has 0 atom stereocenters. The summed E-state index contributed by atoms with van der Waals surface area (Å²) in [7, 11) is 0. The Morgan fingerprint density at radius 1 is 0.967 bits per heavy atom. The van der Waals surface area contributed by atoms with E-state index in [9.17, 15) is 9.59 Å². The first-order chi connectivity index (χ1) is 14.6. The zero-order valence-corrected chi connectivity index (χ0v) is 18.0. The van der Waals surface area contributed by atoms with E-state index >= 15 is 0 Å². The molecule has 7 heteroatoms. The number of aryl methyl sites for hydroxylation is 1. The Labute approximate surface area is 183 Å². The quantitative estimate of drug-likeness (QED) is 0.317. The molecule has 0 saturated heterocycles. The second-order valence-corrected chi connectivity index (χ2v) is 7.00. The van der Waals surface area contributed by atoms with Crippen LogP contribution < -0.4 is 15.4 Å². The minimum absolute atomic E-state index is 0.189. The van der Waals surface area contributed by atoms with E-state index < -0.39 is 0 Å². The summed E-state index contributed by atoms with van der Waals surface area (Å²) < 4.78 is 10.7. The average Bonchev–Trinajstić information content (AvgIpc) is 2.73. The predicted octanol–water partition coefficient (Wildman–Crippen LogP) is 4.24. The Morgan fingerprint density at radius 3 is 2.47 bits per heavy atom. The van der Waals surface area contributed by atoms with Gasteiger partial charge in [-0.2, -0.15) is 0 Å². The molecule has 6 nitrogen and oxygen atoms in total. The SMILES string of the molecule is CCOc1ccccc1NC(=S)NC(=O)CCCC(=O)OCCCc1ccccc1. The molecule has 0 spiro atoms. The van der Waals surface area contributed by atoms with Crippen molar-refractivity contribution in [1.82, 2.24) is 5.32 Å². The minimum atomic E-state index is -0.290. The normalized spacial score (nSPS) is 10.2. The molecule has 2 rings (SSSR count). The highest BCUT2D eigenvalue weighted by molar-refractivity contribution is 7.80. The highest BCUT2D eigenvalue weighted by Gasteiger charge is 2.10. The molecule has 0 unspecified atom stereocenters. The Hall–Kier alpha value is -2.93. The van der Waals surface area contributed by atoms with Gasteiger partial charge in [0.05, 0.1) is 18.9 Å². The van der Waals surface area contributed by atoms with Crippen molar-refractivity contribution in [2.45, 2.75) is 39.0 Å². The molecule has 2 N–H and O–H groups in total. The van der Waals surface area contributed by atoms with E-state index in [1.807, 2.05) is 49.4 Å². The van der Waals surface area contributed by atoms with Gasteiger partial charge >= 0.3 is 5.97 Å². The number of hydrogen-bond acceptors (Lipinski definition) is 5. The molecular formula is C23H28N2O4S. The van der Waals surface area contributed by atoms with Crippen LogP contribution in [0.4, 0.5) is 5.69 Å². The molecule has 0 aromatic heterocycles. The molecule has 0 aliphatic heterocycles. The van der Waals surface area contributed by atoms with Crippen molar-refractivity contribution in [1.29, 1.82) is 0 Å². The third kappa shape index (κ3) is 9.05. The molecule has 30 heavy (non-hydrogen) atoms. The van der Waals surface area contributed by atoms with Gasteiger partial charge in [0.2, 0.25) is 5.91 Å². The maximum atomic E-state index is 12.0. The largest absolute Gasteiger partial charge is 0.492 e. The Kier molecular flexibility index (Phi) is 10.4. The number of rotatable bonds is 11. The van der Waals surface area contributed by atoms with Crippen LogP contribution in [0.15, 0.2) is 54.6 Å². The summed E-state index contributed by atoms with van der Waals surface area (Å²) in [5.74, 6) is 0.118. The zero-order chi connectivity index (χ0) is 21.6. The van der Waals surface area contributed by atoms with Crippen molar-refractivity contribution in [2.75, 3.05) is 18.5 Å². The number of esters is 1. The number of amides is 1. The fourth-order valence-electron chi connectivity index (χ4n) is 2.77. The molecular weight excluding hydrogens is 400 g/mol. The maximum Gasteiger partial charge on any atom is 0.305 e. The molecule has 0 saturated carbocycles. The third-order valence-electron chi connectivity index (χ3n) is 4.19. The van der Waals surface area contributed by atoms with Gasteiger partial charge in [-0.05, 0) is 56.1 Å². The van der Waals surface area contributed by atoms with Gasteiger partial charge < -0.3 is 20.1 Å². The van der Waals surface area contributed by atoms with Crippen molar-refractivity contribution in [3.8, 4) is 5.75 Å². The van der Waals surface area contributed by atoms with Gasteiger partial charge in [0.15, 0.2) is 5.11 Å². The van der Waals surface area contributed by atoms with Crippen LogP contribution in [0.1, 0.15) is 38.2 Å². The van der Waals surface area contributed by atoms with Gasteiger partial charge in [-0.1, -0.05) is 42.5 Å². The number of carbonyl (C=O) groups excluding carboxylic acids is 2. The van der Waals surface area contributed by atoms with Crippen LogP contribution in [0.3, 0.4) is 0 Å². The van der Waals surface area contributed by atoms with Crippen LogP contribution >= 0.6 is 12.2 Å². The number of para-hydroxylation sites is 2. The first-order valence-electron chi connectivity index (χ1n) is 10.1. The maximum absolute atomic E-state index is 12.0. The number of thiocarbonyl (C=S) groups is 1. The predicted molar refractivity (Wildman–Crippen MR) is 122 cm³/mol. The summed E-state index contributed by atoms with van der Waals surface area (Å²) in [5, 5.41) is 5.76. The summed E-state index contributed by atoms with van der Waals surface area (Å²) in [5.41, 5.74) is 1.91. The minimum Gasteiger partial charge on any atom is -0.492 e. The number of ether oxygens (including phenoxy) is 2. The van der Waals surface area contributed by atoms with Crippen molar-refractivity contribution < 1.29 is 19.1 Å². The van der Waals surface area contributed by atoms with E-state index in [1.165, 1.54) is 5.56 Å². The van der Waals surface area contributed by atoms with E-state index in [4.69, 9.17) is 21.7 Å².